The summed E-state index contributed by atoms with van der Waals surface area (Å²) in [6.07, 6.45) is 3.91. The molecule has 0 aliphatic heterocycles. The van der Waals surface area contributed by atoms with Crippen molar-refractivity contribution in [2.24, 2.45) is 10.9 Å². The summed E-state index contributed by atoms with van der Waals surface area (Å²) in [7, 11) is -2.62. The van der Waals surface area contributed by atoms with Crippen LogP contribution in [0, 0.1) is 0 Å². The van der Waals surface area contributed by atoms with Gasteiger partial charge in [0.2, 0.25) is 0 Å². The summed E-state index contributed by atoms with van der Waals surface area (Å²) in [6, 6.07) is 5.27. The molecule has 33 heavy (non-hydrogen) atoms. The lowest BCUT2D eigenvalue weighted by Crippen LogP contribution is -2.43. The van der Waals surface area contributed by atoms with Gasteiger partial charge in [-0.3, -0.25) is 0 Å². The van der Waals surface area contributed by atoms with Gasteiger partial charge in [-0.15, -0.1) is 5.10 Å². The third kappa shape index (κ3) is 7.45. The number of nitrogens with zero attached hydrogens (tertiary/aromatic N) is 3. The molecule has 0 saturated heterocycles. The molecule has 0 bridgehead atoms. The molecule has 2 aliphatic rings. The predicted molar refractivity (Wildman–Crippen MR) is 117 cm³/mol. The van der Waals surface area contributed by atoms with Crippen LogP contribution in [-0.2, 0) is 17.1 Å². The van der Waals surface area contributed by atoms with E-state index in [4.69, 9.17) is 14.2 Å². The van der Waals surface area contributed by atoms with Crippen LogP contribution in [0.2, 0.25) is 0 Å². The van der Waals surface area contributed by atoms with Crippen LogP contribution in [0.4, 0.5) is 13.2 Å². The van der Waals surface area contributed by atoms with Gasteiger partial charge in [0.25, 0.3) is 0 Å². The molecular formula is C20H30F3N7O2S. The van der Waals surface area contributed by atoms with Crippen molar-refractivity contribution in [2.75, 3.05) is 0 Å². The lowest BCUT2D eigenvalue weighted by atomic mass is 9.79. The summed E-state index contributed by atoms with van der Waals surface area (Å²) >= 11 is 0. The molecule has 184 valence electrons. The van der Waals surface area contributed by atoms with Crippen LogP contribution in [0.3, 0.4) is 0 Å². The van der Waals surface area contributed by atoms with Crippen LogP contribution in [0.5, 0.6) is 0 Å². The zero-order chi connectivity index (χ0) is 24.0. The van der Waals surface area contributed by atoms with Crippen LogP contribution >= 0.6 is 0 Å². The van der Waals surface area contributed by atoms with Crippen LogP contribution in [0.15, 0.2) is 18.2 Å². The molecule has 2 aliphatic carbocycles. The first kappa shape index (κ1) is 25.5. The summed E-state index contributed by atoms with van der Waals surface area (Å²) < 4.78 is 57.2. The second-order valence-electron chi connectivity index (χ2n) is 8.66. The lowest BCUT2D eigenvalue weighted by Gasteiger charge is -2.35. The molecule has 2 saturated carbocycles. The first-order valence-corrected chi connectivity index (χ1v) is 12.2. The van der Waals surface area contributed by atoms with Crippen molar-refractivity contribution in [2.45, 2.75) is 81.6 Å². The number of hydrogen-bond donors (Lipinski definition) is 5. The third-order valence-corrected chi connectivity index (χ3v) is 6.39. The zero-order valence-corrected chi connectivity index (χ0v) is 19.0. The van der Waals surface area contributed by atoms with E-state index in [0.29, 0.717) is 23.7 Å². The molecule has 2 fully saturated rings. The van der Waals surface area contributed by atoms with E-state index in [9.17, 15) is 13.2 Å². The molecule has 6 N–H and O–H groups in total. The molecule has 0 atom stereocenters. The number of halogens is 3. The molecule has 0 spiro atoms. The van der Waals surface area contributed by atoms with Gasteiger partial charge in [-0.2, -0.15) is 13.2 Å². The van der Waals surface area contributed by atoms with Gasteiger partial charge in [-0.1, -0.05) is 6.07 Å². The van der Waals surface area contributed by atoms with E-state index in [1.165, 1.54) is 0 Å². The minimum Gasteiger partial charge on any atom is -0.328 e. The average molecular weight is 490 g/mol. The number of aromatic nitrogens is 4. The highest BCUT2D eigenvalue weighted by atomic mass is 32.2. The number of H-pyrrole nitrogens is 1. The van der Waals surface area contributed by atoms with Crippen molar-refractivity contribution in [3.05, 3.63) is 29.3 Å². The first-order valence-electron chi connectivity index (χ1n) is 11.0. The van der Waals surface area contributed by atoms with Crippen molar-refractivity contribution in [1.29, 1.82) is 0 Å². The maximum atomic E-state index is 13.2. The number of benzene rings is 1. The number of rotatable bonds is 4. The Labute approximate surface area is 192 Å². The minimum atomic E-state index is -4.40. The third-order valence-electron chi connectivity index (χ3n) is 6.39. The number of thiol groups is 1. The maximum Gasteiger partial charge on any atom is 0.416 e. The van der Waals surface area contributed by atoms with Gasteiger partial charge in [0.05, 0.1) is 5.56 Å². The van der Waals surface area contributed by atoms with E-state index in [1.54, 1.807) is 6.07 Å². The quantitative estimate of drug-likeness (QED) is 0.413. The molecule has 1 heterocycles. The highest BCUT2D eigenvalue weighted by molar-refractivity contribution is 7.69. The van der Waals surface area contributed by atoms with Crippen LogP contribution in [-0.4, -0.2) is 47.2 Å². The van der Waals surface area contributed by atoms with Crippen LogP contribution in [0.1, 0.15) is 68.4 Å². The van der Waals surface area contributed by atoms with Gasteiger partial charge in [-0.05, 0) is 85.4 Å². The largest absolute Gasteiger partial charge is 0.416 e. The molecule has 1 aromatic heterocycles. The fourth-order valence-electron chi connectivity index (χ4n) is 4.76. The summed E-state index contributed by atoms with van der Waals surface area (Å²) in [4.78, 5) is 0. The number of nitrogens with one attached hydrogen (secondary N) is 2. The Morgan fingerprint density at radius 2 is 1.58 bits per heavy atom. The minimum absolute atomic E-state index is 0.204. The fraction of sp³-hybridized carbons (Fsp3) is 0.650. The summed E-state index contributed by atoms with van der Waals surface area (Å²) in [5, 5.41) is 21.4. The topological polar surface area (TPSA) is 153 Å². The van der Waals surface area contributed by atoms with Gasteiger partial charge in [0.15, 0.2) is 16.7 Å². The second kappa shape index (κ2) is 11.4. The number of aromatic amines is 1. The number of alkyl halides is 3. The Hall–Kier alpha value is -2.09. The second-order valence-corrected chi connectivity index (χ2v) is 9.23. The maximum absolute atomic E-state index is 13.2. The number of nitrogens with two attached hydrogens (primary N) is 2. The summed E-state index contributed by atoms with van der Waals surface area (Å²) in [6.45, 7) is 0. The molecule has 0 radical (unpaired) electrons. The Morgan fingerprint density at radius 1 is 1.00 bits per heavy atom. The highest BCUT2D eigenvalue weighted by Crippen LogP contribution is 2.40. The Bertz CT molecular complexity index is 945. The molecule has 1 aromatic carbocycles. The van der Waals surface area contributed by atoms with Crippen molar-refractivity contribution in [1.82, 2.24) is 25.9 Å². The molecule has 13 heteroatoms. The van der Waals surface area contributed by atoms with E-state index in [-0.39, 0.29) is 11.7 Å². The smallest absolute Gasteiger partial charge is 0.328 e. The molecule has 0 unspecified atom stereocenters. The fourth-order valence-corrected chi connectivity index (χ4v) is 4.76. The van der Waals surface area contributed by atoms with Crippen molar-refractivity contribution < 1.29 is 21.6 Å². The monoisotopic (exact) mass is 489 g/mol. The Kier molecular flexibility index (Phi) is 8.79. The van der Waals surface area contributed by atoms with E-state index in [0.717, 1.165) is 69.1 Å². The molecule has 4 rings (SSSR count). The van der Waals surface area contributed by atoms with Crippen molar-refractivity contribution >= 4 is 10.9 Å². The number of hydrogen-bond acceptors (Lipinski definition) is 7. The van der Waals surface area contributed by atoms with Crippen molar-refractivity contribution in [3.8, 4) is 11.4 Å². The Balaban J connectivity index is 0.000000709. The summed E-state index contributed by atoms with van der Waals surface area (Å²) in [5.41, 5.74) is 6.64. The van der Waals surface area contributed by atoms with E-state index < -0.39 is 22.6 Å². The first-order chi connectivity index (χ1) is 15.6. The van der Waals surface area contributed by atoms with Gasteiger partial charge in [-0.25, -0.2) is 18.7 Å². The normalized spacial score (nSPS) is 26.0. The van der Waals surface area contributed by atoms with E-state index in [1.807, 2.05) is 0 Å². The Morgan fingerprint density at radius 3 is 2.09 bits per heavy atom. The standard InChI is InChI=1S/C20H27F3N6.H3NO2S/c21-20(22,23)13-3-10-17(18(11-13)19-26-28-29-27-19)12-1-6-15(7-2-12)25-16-8-4-14(24)5-9-16;1-4(2)3/h3,10-12,14-16,25H,1-2,4-9,24H2,(H,26,27,28,29);4H,(H2,1,2,3). The summed E-state index contributed by atoms with van der Waals surface area (Å²) in [5.74, 6) is 0.486. The number of tetrazole rings is 1. The van der Waals surface area contributed by atoms with Gasteiger partial charge >= 0.3 is 6.18 Å². The van der Waals surface area contributed by atoms with Crippen molar-refractivity contribution in [3.63, 3.8) is 0 Å². The van der Waals surface area contributed by atoms with Crippen LogP contribution in [0.25, 0.3) is 11.4 Å². The van der Waals surface area contributed by atoms with Gasteiger partial charge in [0, 0.05) is 23.7 Å². The average Bonchev–Trinajstić information content (AvgIpc) is 3.29. The van der Waals surface area contributed by atoms with E-state index >= 15 is 0 Å². The molecule has 0 amide bonds. The lowest BCUT2D eigenvalue weighted by molar-refractivity contribution is -0.137. The SMILES string of the molecule is NC1CCC(NC2CCC(c3ccc(C(F)(F)F)cc3-c3nnn[nH]3)CC2)CC1.N[SH](=O)=O. The molecule has 9 nitrogen and oxygen atoms in total. The van der Waals surface area contributed by atoms with Crippen LogP contribution < -0.4 is 16.2 Å². The predicted octanol–water partition coefficient (Wildman–Crippen LogP) is 2.24. The molecule has 2 aromatic rings. The van der Waals surface area contributed by atoms with Gasteiger partial charge < -0.3 is 11.1 Å². The van der Waals surface area contributed by atoms with E-state index in [2.05, 4.69) is 31.1 Å². The molecular weight excluding hydrogens is 459 g/mol. The highest BCUT2D eigenvalue weighted by Gasteiger charge is 2.33. The zero-order valence-electron chi connectivity index (χ0n) is 18.1. The van der Waals surface area contributed by atoms with Gasteiger partial charge in [0.1, 0.15) is 0 Å².